The SMILES string of the molecule is Cc1oc(=O)oc1COC1=C(C(=O)Nc2ccccn2)N(C)Sc2ccccc21. The maximum atomic E-state index is 13.0. The third kappa shape index (κ3) is 3.90. The Balaban J connectivity index is 1.72. The largest absolute Gasteiger partial charge is 0.519 e. The predicted octanol–water partition coefficient (Wildman–Crippen LogP) is 3.41. The van der Waals surface area contributed by atoms with Crippen molar-refractivity contribution in [2.24, 2.45) is 0 Å². The standard InChI is InChI=1S/C20H17N3O5S/c1-12-14(28-20(25)27-12)11-26-18-13-7-3-4-8-15(13)29-23(2)17(18)19(24)22-16-9-5-6-10-21-16/h3-10H,11H2,1-2H3,(H,21,22,24). The molecule has 1 aliphatic heterocycles. The number of fused-ring (bicyclic) bond motifs is 1. The first kappa shape index (κ1) is 18.9. The number of pyridine rings is 1. The van der Waals surface area contributed by atoms with Crippen LogP contribution < -0.4 is 11.1 Å². The molecule has 8 nitrogen and oxygen atoms in total. The molecule has 148 valence electrons. The Hall–Kier alpha value is -3.46. The van der Waals surface area contributed by atoms with Crippen LogP contribution in [0.5, 0.6) is 0 Å². The van der Waals surface area contributed by atoms with E-state index < -0.39 is 5.82 Å². The van der Waals surface area contributed by atoms with Crippen LogP contribution in [0.15, 0.2) is 72.9 Å². The van der Waals surface area contributed by atoms with E-state index in [1.807, 2.05) is 24.3 Å². The van der Waals surface area contributed by atoms with Gasteiger partial charge in [-0.05, 0) is 43.1 Å². The molecule has 0 spiro atoms. The lowest BCUT2D eigenvalue weighted by Gasteiger charge is -2.29. The zero-order valence-electron chi connectivity index (χ0n) is 15.7. The first-order valence-corrected chi connectivity index (χ1v) is 9.50. The second-order valence-corrected chi connectivity index (χ2v) is 7.32. The number of nitrogens with zero attached hydrogens (tertiary/aromatic N) is 2. The Bertz CT molecular complexity index is 1140. The van der Waals surface area contributed by atoms with Gasteiger partial charge in [0.1, 0.15) is 12.4 Å². The fourth-order valence-electron chi connectivity index (χ4n) is 2.85. The Kier molecular flexibility index (Phi) is 5.13. The summed E-state index contributed by atoms with van der Waals surface area (Å²) < 4.78 is 17.6. The van der Waals surface area contributed by atoms with Gasteiger partial charge in [-0.2, -0.15) is 0 Å². The van der Waals surface area contributed by atoms with E-state index in [0.29, 0.717) is 23.0 Å². The highest BCUT2D eigenvalue weighted by Gasteiger charge is 2.30. The van der Waals surface area contributed by atoms with E-state index in [0.717, 1.165) is 10.5 Å². The fraction of sp³-hybridized carbons (Fsp3) is 0.150. The van der Waals surface area contributed by atoms with Gasteiger partial charge in [0.15, 0.2) is 23.0 Å². The predicted molar refractivity (Wildman–Crippen MR) is 107 cm³/mol. The molecule has 0 unspecified atom stereocenters. The molecule has 2 aromatic heterocycles. The topological polar surface area (TPSA) is 97.8 Å². The molecular weight excluding hydrogens is 394 g/mol. The molecule has 29 heavy (non-hydrogen) atoms. The number of ether oxygens (including phenoxy) is 1. The molecule has 1 aliphatic rings. The van der Waals surface area contributed by atoms with Gasteiger partial charge >= 0.3 is 5.82 Å². The van der Waals surface area contributed by atoms with Crippen molar-refractivity contribution >= 4 is 29.4 Å². The van der Waals surface area contributed by atoms with Crippen molar-refractivity contribution in [3.8, 4) is 0 Å². The molecule has 0 fully saturated rings. The second kappa shape index (κ2) is 7.88. The van der Waals surface area contributed by atoms with Gasteiger partial charge < -0.3 is 23.2 Å². The lowest BCUT2D eigenvalue weighted by molar-refractivity contribution is -0.113. The first-order chi connectivity index (χ1) is 14.0. The summed E-state index contributed by atoms with van der Waals surface area (Å²) in [6.07, 6.45) is 1.60. The maximum absolute atomic E-state index is 13.0. The third-order valence-electron chi connectivity index (χ3n) is 4.20. The fourth-order valence-corrected chi connectivity index (χ4v) is 3.80. The van der Waals surface area contributed by atoms with Crippen LogP contribution in [0.4, 0.5) is 5.82 Å². The number of likely N-dealkylation sites (N-methyl/N-ethyl adjacent to an activating group) is 1. The molecule has 9 heteroatoms. The number of nitrogens with one attached hydrogen (secondary N) is 1. The lowest BCUT2D eigenvalue weighted by Crippen LogP contribution is -2.28. The molecule has 0 atom stereocenters. The summed E-state index contributed by atoms with van der Waals surface area (Å²) in [6.45, 7) is 1.56. The summed E-state index contributed by atoms with van der Waals surface area (Å²) in [4.78, 5) is 29.4. The van der Waals surface area contributed by atoms with Crippen molar-refractivity contribution in [3.63, 3.8) is 0 Å². The van der Waals surface area contributed by atoms with Crippen molar-refractivity contribution in [1.82, 2.24) is 9.29 Å². The van der Waals surface area contributed by atoms with Crippen LogP contribution in [0.25, 0.3) is 5.76 Å². The molecule has 0 saturated carbocycles. The molecule has 0 bridgehead atoms. The van der Waals surface area contributed by atoms with Gasteiger partial charge in [-0.3, -0.25) is 4.79 Å². The van der Waals surface area contributed by atoms with Gasteiger partial charge in [-0.25, -0.2) is 9.78 Å². The number of carbonyl (C=O) groups is 1. The lowest BCUT2D eigenvalue weighted by atomic mass is 10.1. The number of amides is 1. The van der Waals surface area contributed by atoms with Crippen LogP contribution in [0.1, 0.15) is 17.1 Å². The summed E-state index contributed by atoms with van der Waals surface area (Å²) >= 11 is 1.41. The molecule has 1 N–H and O–H groups in total. The second-order valence-electron chi connectivity index (χ2n) is 6.15. The molecule has 4 rings (SSSR count). The van der Waals surface area contributed by atoms with E-state index in [-0.39, 0.29) is 18.3 Å². The molecule has 0 aliphatic carbocycles. The monoisotopic (exact) mass is 411 g/mol. The number of benzene rings is 1. The quantitative estimate of drug-likeness (QED) is 0.638. The van der Waals surface area contributed by atoms with Crippen molar-refractivity contribution < 1.29 is 18.4 Å². The highest BCUT2D eigenvalue weighted by Crippen LogP contribution is 2.41. The zero-order valence-corrected chi connectivity index (χ0v) is 16.5. The highest BCUT2D eigenvalue weighted by atomic mass is 32.2. The van der Waals surface area contributed by atoms with Crippen LogP contribution in [0.3, 0.4) is 0 Å². The molecular formula is C20H17N3O5S. The average molecular weight is 411 g/mol. The summed E-state index contributed by atoms with van der Waals surface area (Å²) in [5.41, 5.74) is 1.09. The van der Waals surface area contributed by atoms with E-state index in [1.165, 1.54) is 11.9 Å². The minimum Gasteiger partial charge on any atom is -0.482 e. The molecule has 0 saturated heterocycles. The van der Waals surface area contributed by atoms with Crippen molar-refractivity contribution in [3.05, 3.63) is 82.1 Å². The Morgan fingerprint density at radius 1 is 1.21 bits per heavy atom. The highest BCUT2D eigenvalue weighted by molar-refractivity contribution is 7.97. The Morgan fingerprint density at radius 2 is 2.00 bits per heavy atom. The van der Waals surface area contributed by atoms with E-state index in [9.17, 15) is 9.59 Å². The molecule has 1 amide bonds. The van der Waals surface area contributed by atoms with E-state index in [2.05, 4.69) is 10.3 Å². The van der Waals surface area contributed by atoms with E-state index in [4.69, 9.17) is 13.6 Å². The van der Waals surface area contributed by atoms with Crippen LogP contribution in [0, 0.1) is 6.92 Å². The van der Waals surface area contributed by atoms with Gasteiger partial charge in [0.2, 0.25) is 0 Å². The van der Waals surface area contributed by atoms with Crippen LogP contribution in [-0.4, -0.2) is 22.2 Å². The number of hydrogen-bond acceptors (Lipinski definition) is 8. The first-order valence-electron chi connectivity index (χ1n) is 8.73. The number of rotatable bonds is 5. The smallest absolute Gasteiger partial charge is 0.482 e. The normalized spacial score (nSPS) is 13.2. The molecule has 3 aromatic rings. The van der Waals surface area contributed by atoms with Crippen LogP contribution in [-0.2, 0) is 16.1 Å². The van der Waals surface area contributed by atoms with Gasteiger partial charge in [-0.1, -0.05) is 18.2 Å². The Morgan fingerprint density at radius 3 is 2.72 bits per heavy atom. The summed E-state index contributed by atoms with van der Waals surface area (Å²) in [6, 6.07) is 12.8. The summed E-state index contributed by atoms with van der Waals surface area (Å²) in [7, 11) is 1.78. The number of hydrogen-bond donors (Lipinski definition) is 1. The van der Waals surface area contributed by atoms with Crippen LogP contribution in [0.2, 0.25) is 0 Å². The number of aromatic nitrogens is 1. The van der Waals surface area contributed by atoms with Crippen molar-refractivity contribution in [2.45, 2.75) is 18.4 Å². The van der Waals surface area contributed by atoms with E-state index >= 15 is 0 Å². The number of aryl methyl sites for hydroxylation is 1. The molecule has 3 heterocycles. The van der Waals surface area contributed by atoms with Gasteiger partial charge in [0.25, 0.3) is 5.91 Å². The minimum absolute atomic E-state index is 0.0554. The van der Waals surface area contributed by atoms with E-state index in [1.54, 1.807) is 42.7 Å². The zero-order chi connectivity index (χ0) is 20.4. The number of anilines is 1. The molecule has 0 radical (unpaired) electrons. The van der Waals surface area contributed by atoms with Gasteiger partial charge in [0, 0.05) is 23.7 Å². The third-order valence-corrected chi connectivity index (χ3v) is 5.21. The van der Waals surface area contributed by atoms with Gasteiger partial charge in [-0.15, -0.1) is 0 Å². The summed E-state index contributed by atoms with van der Waals surface area (Å²) in [5.74, 6) is 0.248. The summed E-state index contributed by atoms with van der Waals surface area (Å²) in [5, 5.41) is 2.78. The average Bonchev–Trinajstić information content (AvgIpc) is 3.03. The van der Waals surface area contributed by atoms with Gasteiger partial charge in [0.05, 0.1) is 0 Å². The van der Waals surface area contributed by atoms with Crippen molar-refractivity contribution in [1.29, 1.82) is 0 Å². The Labute approximate surface area is 170 Å². The molecule has 1 aromatic carbocycles. The van der Waals surface area contributed by atoms with Crippen LogP contribution >= 0.6 is 11.9 Å². The maximum Gasteiger partial charge on any atom is 0.519 e. The minimum atomic E-state index is -0.792. The van der Waals surface area contributed by atoms with Crippen molar-refractivity contribution in [2.75, 3.05) is 12.4 Å². The number of carbonyl (C=O) groups excluding carboxylic acids is 1.